The third-order valence-electron chi connectivity index (χ3n) is 2.08. The van der Waals surface area contributed by atoms with Gasteiger partial charge in [0.05, 0.1) is 24.0 Å². The summed E-state index contributed by atoms with van der Waals surface area (Å²) in [5.41, 5.74) is 0.698. The van der Waals surface area contributed by atoms with Crippen LogP contribution in [-0.2, 0) is 0 Å². The van der Waals surface area contributed by atoms with Crippen LogP contribution in [0.2, 0.25) is 0 Å². The smallest absolute Gasteiger partial charge is 0.235 e. The molecule has 0 atom stereocenters. The lowest BCUT2D eigenvalue weighted by atomic mass is 10.2. The minimum Gasteiger partial charge on any atom is -0.493 e. The SMILES string of the molecule is COc1cc(C=C[N+](=O)[O-])cc(SC)c1OC. The topological polar surface area (TPSA) is 61.6 Å². The van der Waals surface area contributed by atoms with Crippen LogP contribution in [0.3, 0.4) is 0 Å². The third-order valence-corrected chi connectivity index (χ3v) is 2.82. The van der Waals surface area contributed by atoms with Gasteiger partial charge in [-0.3, -0.25) is 10.1 Å². The van der Waals surface area contributed by atoms with E-state index < -0.39 is 4.92 Å². The van der Waals surface area contributed by atoms with E-state index in [1.165, 1.54) is 24.9 Å². The summed E-state index contributed by atoms with van der Waals surface area (Å²) in [4.78, 5) is 10.6. The standard InChI is InChI=1S/C11H13NO4S/c1-15-9-6-8(4-5-12(13)14)7-10(17-3)11(9)16-2/h4-7H,1-3H3. The Bertz CT molecular complexity index is 420. The van der Waals surface area contributed by atoms with Gasteiger partial charge in [-0.05, 0) is 24.0 Å². The number of rotatable bonds is 5. The molecule has 0 aliphatic rings. The summed E-state index contributed by atoms with van der Waals surface area (Å²) in [7, 11) is 3.09. The fraction of sp³-hybridized carbons (Fsp3) is 0.273. The minimum absolute atomic E-state index is 0.504. The fourth-order valence-corrected chi connectivity index (χ4v) is 1.97. The second kappa shape index (κ2) is 6.15. The van der Waals surface area contributed by atoms with Gasteiger partial charge in [0.2, 0.25) is 6.20 Å². The van der Waals surface area contributed by atoms with E-state index in [4.69, 9.17) is 9.47 Å². The lowest BCUT2D eigenvalue weighted by molar-refractivity contribution is -0.400. The molecule has 1 aromatic rings. The number of hydrogen-bond donors (Lipinski definition) is 0. The van der Waals surface area contributed by atoms with E-state index in [1.807, 2.05) is 12.3 Å². The molecule has 0 radical (unpaired) electrons. The molecule has 1 rings (SSSR count). The quantitative estimate of drug-likeness (QED) is 0.460. The Balaban J connectivity index is 3.22. The van der Waals surface area contributed by atoms with Crippen LogP contribution < -0.4 is 9.47 Å². The van der Waals surface area contributed by atoms with E-state index in [0.717, 1.165) is 11.1 Å². The van der Waals surface area contributed by atoms with Crippen LogP contribution in [0.5, 0.6) is 11.5 Å². The van der Waals surface area contributed by atoms with Crippen molar-refractivity contribution in [3.8, 4) is 11.5 Å². The van der Waals surface area contributed by atoms with Crippen LogP contribution >= 0.6 is 11.8 Å². The molecule has 17 heavy (non-hydrogen) atoms. The highest BCUT2D eigenvalue weighted by Gasteiger charge is 2.11. The maximum absolute atomic E-state index is 10.3. The largest absolute Gasteiger partial charge is 0.493 e. The second-order valence-electron chi connectivity index (χ2n) is 3.06. The molecule has 0 amide bonds. The number of hydrogen-bond acceptors (Lipinski definition) is 5. The van der Waals surface area contributed by atoms with Crippen molar-refractivity contribution in [2.24, 2.45) is 0 Å². The van der Waals surface area contributed by atoms with Crippen molar-refractivity contribution < 1.29 is 14.4 Å². The van der Waals surface area contributed by atoms with Gasteiger partial charge in [0, 0.05) is 6.08 Å². The molecule has 0 aromatic heterocycles. The molecule has 0 saturated heterocycles. The van der Waals surface area contributed by atoms with E-state index in [9.17, 15) is 10.1 Å². The van der Waals surface area contributed by atoms with Gasteiger partial charge in [0.15, 0.2) is 11.5 Å². The summed E-state index contributed by atoms with van der Waals surface area (Å²) in [6.07, 6.45) is 4.21. The molecular weight excluding hydrogens is 242 g/mol. The van der Waals surface area contributed by atoms with Gasteiger partial charge in [-0.25, -0.2) is 0 Å². The van der Waals surface area contributed by atoms with Gasteiger partial charge >= 0.3 is 0 Å². The summed E-state index contributed by atoms with van der Waals surface area (Å²) >= 11 is 1.49. The molecule has 0 saturated carbocycles. The zero-order chi connectivity index (χ0) is 12.8. The fourth-order valence-electron chi connectivity index (χ4n) is 1.34. The molecule has 0 unspecified atom stereocenters. The molecule has 0 bridgehead atoms. The van der Waals surface area contributed by atoms with Gasteiger partial charge in [-0.15, -0.1) is 11.8 Å². The zero-order valence-corrected chi connectivity index (χ0v) is 10.6. The Hall–Kier alpha value is -1.69. The van der Waals surface area contributed by atoms with Gasteiger partial charge in [0.25, 0.3) is 0 Å². The van der Waals surface area contributed by atoms with E-state index in [0.29, 0.717) is 17.1 Å². The predicted molar refractivity (Wildman–Crippen MR) is 67.4 cm³/mol. The van der Waals surface area contributed by atoms with E-state index in [-0.39, 0.29) is 0 Å². The Morgan fingerprint density at radius 1 is 1.35 bits per heavy atom. The van der Waals surface area contributed by atoms with Crippen molar-refractivity contribution in [3.05, 3.63) is 34.0 Å². The van der Waals surface area contributed by atoms with E-state index in [2.05, 4.69) is 0 Å². The molecule has 0 aliphatic heterocycles. The first-order valence-electron chi connectivity index (χ1n) is 4.74. The maximum Gasteiger partial charge on any atom is 0.235 e. The first kappa shape index (κ1) is 13.4. The monoisotopic (exact) mass is 255 g/mol. The van der Waals surface area contributed by atoms with E-state index >= 15 is 0 Å². The van der Waals surface area contributed by atoms with Crippen molar-refractivity contribution >= 4 is 17.8 Å². The van der Waals surface area contributed by atoms with Crippen molar-refractivity contribution in [3.63, 3.8) is 0 Å². The summed E-state index contributed by atoms with van der Waals surface area (Å²) < 4.78 is 10.4. The first-order chi connectivity index (χ1) is 8.12. The number of methoxy groups -OCH3 is 2. The van der Waals surface area contributed by atoms with Crippen LogP contribution in [-0.4, -0.2) is 25.4 Å². The van der Waals surface area contributed by atoms with Gasteiger partial charge in [-0.2, -0.15) is 0 Å². The third kappa shape index (κ3) is 3.39. The average Bonchev–Trinajstić information content (AvgIpc) is 2.34. The Labute approximate surface area is 104 Å². The van der Waals surface area contributed by atoms with Crippen molar-refractivity contribution in [1.82, 2.24) is 0 Å². The molecule has 0 fully saturated rings. The van der Waals surface area contributed by atoms with Crippen LogP contribution in [0.25, 0.3) is 6.08 Å². The van der Waals surface area contributed by atoms with Gasteiger partial charge in [0.1, 0.15) is 0 Å². The summed E-state index contributed by atoms with van der Waals surface area (Å²) in [6.45, 7) is 0. The summed E-state index contributed by atoms with van der Waals surface area (Å²) in [5, 5.41) is 10.3. The second-order valence-corrected chi connectivity index (χ2v) is 3.91. The van der Waals surface area contributed by atoms with Crippen LogP contribution in [0, 0.1) is 10.1 Å². The van der Waals surface area contributed by atoms with Crippen LogP contribution in [0.1, 0.15) is 5.56 Å². The number of nitro groups is 1. The Morgan fingerprint density at radius 2 is 2.06 bits per heavy atom. The minimum atomic E-state index is -0.504. The molecule has 5 nitrogen and oxygen atoms in total. The Morgan fingerprint density at radius 3 is 2.53 bits per heavy atom. The molecule has 0 heterocycles. The average molecular weight is 255 g/mol. The van der Waals surface area contributed by atoms with Crippen molar-refractivity contribution in [1.29, 1.82) is 0 Å². The molecule has 0 N–H and O–H groups in total. The summed E-state index contributed by atoms with van der Waals surface area (Å²) in [6, 6.07) is 3.50. The zero-order valence-electron chi connectivity index (χ0n) is 9.80. The number of nitrogens with zero attached hydrogens (tertiary/aromatic N) is 1. The van der Waals surface area contributed by atoms with Gasteiger partial charge in [-0.1, -0.05) is 0 Å². The van der Waals surface area contributed by atoms with Crippen LogP contribution in [0.15, 0.2) is 23.2 Å². The Kier molecular flexibility index (Phi) is 4.84. The maximum atomic E-state index is 10.3. The predicted octanol–water partition coefficient (Wildman–Crippen LogP) is 2.67. The highest BCUT2D eigenvalue weighted by molar-refractivity contribution is 7.98. The molecule has 6 heteroatoms. The molecular formula is C11H13NO4S. The lowest BCUT2D eigenvalue weighted by Crippen LogP contribution is -1.93. The van der Waals surface area contributed by atoms with Gasteiger partial charge < -0.3 is 9.47 Å². The highest BCUT2D eigenvalue weighted by Crippen LogP contribution is 2.38. The molecule has 0 aliphatic carbocycles. The van der Waals surface area contributed by atoms with E-state index in [1.54, 1.807) is 13.2 Å². The number of thioether (sulfide) groups is 1. The highest BCUT2D eigenvalue weighted by atomic mass is 32.2. The van der Waals surface area contributed by atoms with Crippen LogP contribution in [0.4, 0.5) is 0 Å². The van der Waals surface area contributed by atoms with Crippen molar-refractivity contribution in [2.75, 3.05) is 20.5 Å². The molecule has 1 aromatic carbocycles. The first-order valence-corrected chi connectivity index (χ1v) is 5.96. The number of benzene rings is 1. The molecule has 0 spiro atoms. The number of ether oxygens (including phenoxy) is 2. The normalized spacial score (nSPS) is 10.5. The summed E-state index contributed by atoms with van der Waals surface area (Å²) in [5.74, 6) is 1.20. The lowest BCUT2D eigenvalue weighted by Gasteiger charge is -2.12. The molecule has 92 valence electrons. The van der Waals surface area contributed by atoms with Crippen molar-refractivity contribution in [2.45, 2.75) is 4.90 Å².